The molecule has 0 saturated heterocycles. The molecule has 0 aliphatic carbocycles. The van der Waals surface area contributed by atoms with Crippen LogP contribution >= 0.6 is 27.3 Å². The number of rotatable bonds is 4. The maximum atomic E-state index is 12.1. The topological polar surface area (TPSA) is 39.2 Å². The van der Waals surface area contributed by atoms with Crippen molar-refractivity contribution in [1.29, 1.82) is 0 Å². The lowest BCUT2D eigenvalue weighted by Crippen LogP contribution is -2.10. The number of thiophene rings is 1. The maximum absolute atomic E-state index is 12.1. The number of carbonyl (C=O) groups excluding carboxylic acids is 1. The van der Waals surface area contributed by atoms with Gasteiger partial charge in [0.15, 0.2) is 6.61 Å². The summed E-state index contributed by atoms with van der Waals surface area (Å²) in [6.45, 7) is 0.0210. The summed E-state index contributed by atoms with van der Waals surface area (Å²) in [7, 11) is 0. The molecule has 100 valence electrons. The summed E-state index contributed by atoms with van der Waals surface area (Å²) in [5, 5.41) is 2.78. The highest BCUT2D eigenvalue weighted by atomic mass is 79.9. The molecule has 0 unspecified atom stereocenters. The average molecular weight is 348 g/mol. The highest BCUT2D eigenvalue weighted by molar-refractivity contribution is 9.10. The smallest absolute Gasteiger partial charge is 0.211 e. The number of halogens is 1. The normalized spacial score (nSPS) is 10.7. The van der Waals surface area contributed by atoms with Gasteiger partial charge in [0.25, 0.3) is 0 Å². The SMILES string of the molecule is O=C(COc1cccc2ncccc12)c1sccc1Br. The van der Waals surface area contributed by atoms with Crippen LogP contribution in [0.1, 0.15) is 9.67 Å². The number of aromatic nitrogens is 1. The van der Waals surface area contributed by atoms with Gasteiger partial charge >= 0.3 is 0 Å². The van der Waals surface area contributed by atoms with Crippen molar-refractivity contribution in [3.05, 3.63) is 57.3 Å². The Morgan fingerprint density at radius 2 is 2.15 bits per heavy atom. The van der Waals surface area contributed by atoms with Gasteiger partial charge in [0.05, 0.1) is 10.4 Å². The van der Waals surface area contributed by atoms with E-state index in [-0.39, 0.29) is 12.4 Å². The second-order valence-corrected chi connectivity index (χ2v) is 5.91. The van der Waals surface area contributed by atoms with Crippen molar-refractivity contribution < 1.29 is 9.53 Å². The molecule has 0 atom stereocenters. The minimum atomic E-state index is -0.0345. The molecule has 0 spiro atoms. The van der Waals surface area contributed by atoms with E-state index in [0.717, 1.165) is 15.4 Å². The number of Topliss-reactive ketones (excluding diaryl/α,β-unsaturated/α-hetero) is 1. The molecule has 2 heterocycles. The van der Waals surface area contributed by atoms with E-state index in [1.807, 2.05) is 41.8 Å². The van der Waals surface area contributed by atoms with Crippen molar-refractivity contribution >= 4 is 44.0 Å². The first-order valence-electron chi connectivity index (χ1n) is 5.98. The molecule has 2 aromatic heterocycles. The van der Waals surface area contributed by atoms with Crippen molar-refractivity contribution in [3.8, 4) is 5.75 Å². The van der Waals surface area contributed by atoms with Crippen LogP contribution in [-0.2, 0) is 0 Å². The fourth-order valence-corrected chi connectivity index (χ4v) is 3.42. The van der Waals surface area contributed by atoms with Crippen molar-refractivity contribution in [2.75, 3.05) is 6.61 Å². The van der Waals surface area contributed by atoms with Gasteiger partial charge in [0.1, 0.15) is 5.75 Å². The molecule has 0 aliphatic rings. The number of ketones is 1. The van der Waals surface area contributed by atoms with Crippen molar-refractivity contribution in [2.24, 2.45) is 0 Å². The zero-order valence-electron chi connectivity index (χ0n) is 10.4. The predicted molar refractivity (Wildman–Crippen MR) is 83.6 cm³/mol. The van der Waals surface area contributed by atoms with Gasteiger partial charge in [0, 0.05) is 16.1 Å². The van der Waals surface area contributed by atoms with Gasteiger partial charge in [-0.2, -0.15) is 0 Å². The van der Waals surface area contributed by atoms with Crippen LogP contribution in [0.4, 0.5) is 0 Å². The standard InChI is InChI=1S/C15H10BrNO2S/c16-11-6-8-20-15(11)13(18)9-19-14-5-1-4-12-10(14)3-2-7-17-12/h1-8H,9H2. The minimum absolute atomic E-state index is 0.0210. The van der Waals surface area contributed by atoms with Gasteiger partial charge in [-0.3, -0.25) is 9.78 Å². The Balaban J connectivity index is 1.81. The quantitative estimate of drug-likeness (QED) is 0.659. The van der Waals surface area contributed by atoms with Gasteiger partial charge in [-0.05, 0) is 51.6 Å². The van der Waals surface area contributed by atoms with Crippen LogP contribution in [0.3, 0.4) is 0 Å². The lowest BCUT2D eigenvalue weighted by molar-refractivity contribution is 0.0926. The number of carbonyl (C=O) groups is 1. The van der Waals surface area contributed by atoms with E-state index in [0.29, 0.717) is 10.6 Å². The number of hydrogen-bond donors (Lipinski definition) is 0. The number of nitrogens with zero attached hydrogens (tertiary/aromatic N) is 1. The van der Waals surface area contributed by atoms with Crippen LogP contribution in [0.5, 0.6) is 5.75 Å². The Hall–Kier alpha value is -1.72. The summed E-state index contributed by atoms with van der Waals surface area (Å²) in [4.78, 5) is 17.0. The van der Waals surface area contributed by atoms with Crippen LogP contribution in [0.15, 0.2) is 52.4 Å². The summed E-state index contributed by atoms with van der Waals surface area (Å²) in [6, 6.07) is 11.3. The molecule has 3 nitrogen and oxygen atoms in total. The summed E-state index contributed by atoms with van der Waals surface area (Å²) in [6.07, 6.45) is 1.74. The van der Waals surface area contributed by atoms with Crippen LogP contribution < -0.4 is 4.74 Å². The molecule has 5 heteroatoms. The maximum Gasteiger partial charge on any atom is 0.211 e. The molecule has 0 saturated carbocycles. The number of pyridine rings is 1. The second-order valence-electron chi connectivity index (χ2n) is 4.14. The summed E-state index contributed by atoms with van der Waals surface area (Å²) in [5.74, 6) is 0.643. The number of hydrogen-bond acceptors (Lipinski definition) is 4. The van der Waals surface area contributed by atoms with E-state index in [4.69, 9.17) is 4.74 Å². The zero-order chi connectivity index (χ0) is 13.9. The molecule has 0 fully saturated rings. The first-order chi connectivity index (χ1) is 9.75. The van der Waals surface area contributed by atoms with E-state index < -0.39 is 0 Å². The highest BCUT2D eigenvalue weighted by Crippen LogP contribution is 2.26. The molecule has 3 rings (SSSR count). The number of benzene rings is 1. The van der Waals surface area contributed by atoms with E-state index >= 15 is 0 Å². The fourth-order valence-electron chi connectivity index (χ4n) is 1.90. The molecule has 0 amide bonds. The Labute approximate surface area is 128 Å². The van der Waals surface area contributed by atoms with Gasteiger partial charge in [-0.1, -0.05) is 6.07 Å². The lowest BCUT2D eigenvalue weighted by atomic mass is 10.2. The molecule has 0 bridgehead atoms. The summed E-state index contributed by atoms with van der Waals surface area (Å²) < 4.78 is 6.47. The third-order valence-corrected chi connectivity index (χ3v) is 4.71. The van der Waals surface area contributed by atoms with Gasteiger partial charge in [0.2, 0.25) is 5.78 Å². The number of ether oxygens (including phenoxy) is 1. The molecule has 0 aliphatic heterocycles. The molecule has 0 radical (unpaired) electrons. The molecule has 1 aromatic carbocycles. The van der Waals surface area contributed by atoms with Gasteiger partial charge in [-0.15, -0.1) is 11.3 Å². The monoisotopic (exact) mass is 347 g/mol. The van der Waals surface area contributed by atoms with E-state index in [1.54, 1.807) is 6.20 Å². The predicted octanol–water partition coefficient (Wildman–Crippen LogP) is 4.32. The first-order valence-corrected chi connectivity index (χ1v) is 7.66. The number of fused-ring (bicyclic) bond motifs is 1. The van der Waals surface area contributed by atoms with Crippen LogP contribution in [0, 0.1) is 0 Å². The van der Waals surface area contributed by atoms with Crippen molar-refractivity contribution in [1.82, 2.24) is 4.98 Å². The third kappa shape index (κ3) is 2.59. The Morgan fingerprint density at radius 3 is 2.95 bits per heavy atom. The highest BCUT2D eigenvalue weighted by Gasteiger charge is 2.13. The van der Waals surface area contributed by atoms with Crippen LogP contribution in [0.25, 0.3) is 10.9 Å². The summed E-state index contributed by atoms with van der Waals surface area (Å²) in [5.41, 5.74) is 0.856. The fraction of sp³-hybridized carbons (Fsp3) is 0.0667. The Morgan fingerprint density at radius 1 is 1.25 bits per heavy atom. The van der Waals surface area contributed by atoms with Gasteiger partial charge < -0.3 is 4.74 Å². The molecule has 3 aromatic rings. The lowest BCUT2D eigenvalue weighted by Gasteiger charge is -2.07. The average Bonchev–Trinajstić information content (AvgIpc) is 2.91. The minimum Gasteiger partial charge on any atom is -0.485 e. The van der Waals surface area contributed by atoms with Crippen LogP contribution in [-0.4, -0.2) is 17.4 Å². The van der Waals surface area contributed by atoms with E-state index in [1.165, 1.54) is 11.3 Å². The van der Waals surface area contributed by atoms with Crippen molar-refractivity contribution in [3.63, 3.8) is 0 Å². The zero-order valence-corrected chi connectivity index (χ0v) is 12.8. The Bertz CT molecular complexity index is 764. The van der Waals surface area contributed by atoms with Crippen molar-refractivity contribution in [2.45, 2.75) is 0 Å². The largest absolute Gasteiger partial charge is 0.485 e. The molecular formula is C15H10BrNO2S. The Kier molecular flexibility index (Phi) is 3.80. The van der Waals surface area contributed by atoms with E-state index in [9.17, 15) is 4.79 Å². The molecule has 20 heavy (non-hydrogen) atoms. The third-order valence-electron chi connectivity index (χ3n) is 2.83. The first kappa shape index (κ1) is 13.3. The molecule has 0 N–H and O–H groups in total. The second kappa shape index (κ2) is 5.73. The van der Waals surface area contributed by atoms with Crippen LogP contribution in [0.2, 0.25) is 0 Å². The van der Waals surface area contributed by atoms with E-state index in [2.05, 4.69) is 20.9 Å². The summed E-state index contributed by atoms with van der Waals surface area (Å²) >= 11 is 4.76. The van der Waals surface area contributed by atoms with Gasteiger partial charge in [-0.25, -0.2) is 0 Å². The molecular weight excluding hydrogens is 338 g/mol.